The average Bonchev–Trinajstić information content (AvgIpc) is 2.26. The molecule has 0 aliphatic carbocycles. The van der Waals surface area contributed by atoms with Crippen LogP contribution in [0.15, 0.2) is 18.2 Å². The van der Waals surface area contributed by atoms with E-state index in [0.717, 1.165) is 5.56 Å². The maximum Gasteiger partial charge on any atom is 0.305 e. The molecular formula is C12H17NO2. The number of carbonyl (C=O) groups is 1. The maximum absolute atomic E-state index is 11.0. The minimum Gasteiger partial charge on any atom is -0.469 e. The quantitative estimate of drug-likeness (QED) is 0.762. The molecule has 0 amide bonds. The second-order valence-corrected chi connectivity index (χ2v) is 3.49. The fourth-order valence-electron chi connectivity index (χ4n) is 1.64. The Hall–Kier alpha value is -1.35. The van der Waals surface area contributed by atoms with E-state index in [2.05, 4.69) is 4.74 Å². The number of hydrogen-bond acceptors (Lipinski definition) is 3. The summed E-state index contributed by atoms with van der Waals surface area (Å²) in [5.41, 5.74) is 9.11. The smallest absolute Gasteiger partial charge is 0.305 e. The first-order valence-electron chi connectivity index (χ1n) is 5.03. The Balaban J connectivity index is 2.78. The van der Waals surface area contributed by atoms with Gasteiger partial charge in [-0.25, -0.2) is 0 Å². The number of methoxy groups -OCH3 is 1. The average molecular weight is 207 g/mol. The third-order valence-corrected chi connectivity index (χ3v) is 2.53. The molecule has 0 unspecified atom stereocenters. The van der Waals surface area contributed by atoms with Crippen LogP contribution in [0.3, 0.4) is 0 Å². The van der Waals surface area contributed by atoms with Crippen molar-refractivity contribution in [1.29, 1.82) is 0 Å². The number of esters is 1. The van der Waals surface area contributed by atoms with Crippen LogP contribution in [0.4, 0.5) is 0 Å². The summed E-state index contributed by atoms with van der Waals surface area (Å²) >= 11 is 0. The first-order chi connectivity index (χ1) is 7.19. The van der Waals surface area contributed by atoms with Gasteiger partial charge < -0.3 is 10.5 Å². The van der Waals surface area contributed by atoms with Crippen LogP contribution >= 0.6 is 0 Å². The van der Waals surface area contributed by atoms with Crippen LogP contribution in [-0.2, 0) is 22.5 Å². The highest BCUT2D eigenvalue weighted by Crippen LogP contribution is 2.15. The summed E-state index contributed by atoms with van der Waals surface area (Å²) < 4.78 is 4.62. The number of aryl methyl sites for hydroxylation is 1. The second-order valence-electron chi connectivity index (χ2n) is 3.49. The van der Waals surface area contributed by atoms with Crippen molar-refractivity contribution in [3.8, 4) is 0 Å². The van der Waals surface area contributed by atoms with Crippen molar-refractivity contribution in [3.05, 3.63) is 34.9 Å². The molecule has 0 saturated carbocycles. The van der Waals surface area contributed by atoms with Crippen LogP contribution in [-0.4, -0.2) is 13.1 Å². The molecule has 0 saturated heterocycles. The van der Waals surface area contributed by atoms with E-state index in [9.17, 15) is 4.79 Å². The predicted octanol–water partition coefficient (Wildman–Crippen LogP) is 1.56. The third-order valence-electron chi connectivity index (χ3n) is 2.53. The summed E-state index contributed by atoms with van der Waals surface area (Å²) in [6.45, 7) is 2.55. The van der Waals surface area contributed by atoms with Crippen LogP contribution in [0, 0.1) is 6.92 Å². The molecule has 0 aliphatic heterocycles. The van der Waals surface area contributed by atoms with Gasteiger partial charge >= 0.3 is 5.97 Å². The Morgan fingerprint density at radius 1 is 1.47 bits per heavy atom. The highest BCUT2D eigenvalue weighted by molar-refractivity contribution is 5.69. The van der Waals surface area contributed by atoms with Crippen molar-refractivity contribution in [1.82, 2.24) is 0 Å². The molecule has 0 radical (unpaired) electrons. The zero-order chi connectivity index (χ0) is 11.3. The van der Waals surface area contributed by atoms with E-state index in [1.165, 1.54) is 18.2 Å². The zero-order valence-corrected chi connectivity index (χ0v) is 9.25. The van der Waals surface area contributed by atoms with Gasteiger partial charge in [0.15, 0.2) is 0 Å². The van der Waals surface area contributed by atoms with E-state index in [0.29, 0.717) is 19.4 Å². The Kier molecular flexibility index (Phi) is 4.31. The molecule has 1 aromatic rings. The van der Waals surface area contributed by atoms with Crippen LogP contribution in [0.2, 0.25) is 0 Å². The number of benzene rings is 1. The van der Waals surface area contributed by atoms with E-state index < -0.39 is 0 Å². The van der Waals surface area contributed by atoms with Crippen molar-refractivity contribution in [2.75, 3.05) is 7.11 Å². The van der Waals surface area contributed by atoms with Gasteiger partial charge in [-0.1, -0.05) is 18.2 Å². The molecule has 0 spiro atoms. The monoisotopic (exact) mass is 207 g/mol. The van der Waals surface area contributed by atoms with Crippen molar-refractivity contribution in [2.24, 2.45) is 5.73 Å². The molecule has 0 aromatic heterocycles. The second kappa shape index (κ2) is 5.51. The third kappa shape index (κ3) is 3.06. The molecule has 0 heterocycles. The Morgan fingerprint density at radius 2 is 2.20 bits per heavy atom. The Morgan fingerprint density at radius 3 is 2.80 bits per heavy atom. The van der Waals surface area contributed by atoms with E-state index in [1.807, 2.05) is 25.1 Å². The largest absolute Gasteiger partial charge is 0.469 e. The van der Waals surface area contributed by atoms with Gasteiger partial charge in [-0.15, -0.1) is 0 Å². The lowest BCUT2D eigenvalue weighted by Gasteiger charge is -2.10. The zero-order valence-electron chi connectivity index (χ0n) is 9.25. The summed E-state index contributed by atoms with van der Waals surface area (Å²) in [6.07, 6.45) is 1.11. The minimum atomic E-state index is -0.179. The number of carbonyl (C=O) groups excluding carboxylic acids is 1. The minimum absolute atomic E-state index is 0.179. The summed E-state index contributed by atoms with van der Waals surface area (Å²) in [4.78, 5) is 11.0. The Bertz CT molecular complexity index is 347. The van der Waals surface area contributed by atoms with Gasteiger partial charge in [0.25, 0.3) is 0 Å². The molecule has 3 heteroatoms. The highest BCUT2D eigenvalue weighted by Gasteiger charge is 2.07. The van der Waals surface area contributed by atoms with E-state index in [-0.39, 0.29) is 5.97 Å². The van der Waals surface area contributed by atoms with Gasteiger partial charge in [0.1, 0.15) is 0 Å². The normalized spacial score (nSPS) is 10.1. The van der Waals surface area contributed by atoms with E-state index in [1.54, 1.807) is 0 Å². The predicted molar refractivity (Wildman–Crippen MR) is 59.4 cm³/mol. The molecule has 1 aromatic carbocycles. The number of rotatable bonds is 4. The van der Waals surface area contributed by atoms with Gasteiger partial charge in [-0.05, 0) is 30.0 Å². The molecule has 2 N–H and O–H groups in total. The summed E-state index contributed by atoms with van der Waals surface area (Å²) in [5.74, 6) is -0.179. The van der Waals surface area contributed by atoms with E-state index >= 15 is 0 Å². The summed E-state index contributed by atoms with van der Waals surface area (Å²) in [7, 11) is 1.41. The first kappa shape index (κ1) is 11.7. The van der Waals surface area contributed by atoms with Crippen LogP contribution in [0.25, 0.3) is 0 Å². The van der Waals surface area contributed by atoms with E-state index in [4.69, 9.17) is 5.73 Å². The summed E-state index contributed by atoms with van der Waals surface area (Å²) in [5, 5.41) is 0. The molecule has 0 fully saturated rings. The van der Waals surface area contributed by atoms with Crippen LogP contribution in [0.1, 0.15) is 23.1 Å². The fraction of sp³-hybridized carbons (Fsp3) is 0.417. The molecule has 82 valence electrons. The maximum atomic E-state index is 11.0. The summed E-state index contributed by atoms with van der Waals surface area (Å²) in [6, 6.07) is 6.02. The lowest BCUT2D eigenvalue weighted by Crippen LogP contribution is -2.07. The van der Waals surface area contributed by atoms with Crippen LogP contribution < -0.4 is 5.73 Å². The molecule has 3 nitrogen and oxygen atoms in total. The lowest BCUT2D eigenvalue weighted by atomic mass is 9.98. The number of hydrogen-bond donors (Lipinski definition) is 1. The Labute approximate surface area is 90.2 Å². The topological polar surface area (TPSA) is 52.3 Å². The van der Waals surface area contributed by atoms with Gasteiger partial charge in [0, 0.05) is 13.0 Å². The standard InChI is InChI=1S/C12H17NO2/c1-9-4-3-5-10(8-13)11(9)6-7-12(14)15-2/h3-5H,6-8,13H2,1-2H3. The molecule has 0 bridgehead atoms. The first-order valence-corrected chi connectivity index (χ1v) is 5.03. The lowest BCUT2D eigenvalue weighted by molar-refractivity contribution is -0.140. The van der Waals surface area contributed by atoms with Crippen molar-refractivity contribution >= 4 is 5.97 Å². The van der Waals surface area contributed by atoms with Gasteiger partial charge in [-0.2, -0.15) is 0 Å². The molecule has 1 rings (SSSR count). The molecular weight excluding hydrogens is 190 g/mol. The number of nitrogens with two attached hydrogens (primary N) is 1. The van der Waals surface area contributed by atoms with Gasteiger partial charge in [0.05, 0.1) is 7.11 Å². The van der Waals surface area contributed by atoms with Gasteiger partial charge in [0.2, 0.25) is 0 Å². The fourth-order valence-corrected chi connectivity index (χ4v) is 1.64. The van der Waals surface area contributed by atoms with Crippen molar-refractivity contribution in [2.45, 2.75) is 26.3 Å². The SMILES string of the molecule is COC(=O)CCc1c(C)cccc1CN. The molecule has 0 atom stereocenters. The number of ether oxygens (including phenoxy) is 1. The van der Waals surface area contributed by atoms with Gasteiger partial charge in [-0.3, -0.25) is 4.79 Å². The van der Waals surface area contributed by atoms with Crippen molar-refractivity contribution in [3.63, 3.8) is 0 Å². The molecule has 15 heavy (non-hydrogen) atoms. The van der Waals surface area contributed by atoms with Crippen molar-refractivity contribution < 1.29 is 9.53 Å². The molecule has 0 aliphatic rings. The van der Waals surface area contributed by atoms with Crippen LogP contribution in [0.5, 0.6) is 0 Å². The highest BCUT2D eigenvalue weighted by atomic mass is 16.5.